The van der Waals surface area contributed by atoms with Crippen LogP contribution in [0.15, 0.2) is 30.0 Å². The number of thiazole rings is 1. The smallest absolute Gasteiger partial charge is 0.123 e. The third-order valence-corrected chi connectivity index (χ3v) is 3.61. The van der Waals surface area contributed by atoms with Gasteiger partial charge in [-0.2, -0.15) is 0 Å². The molecule has 3 N–H and O–H groups in total. The van der Waals surface area contributed by atoms with Crippen molar-refractivity contribution in [1.29, 1.82) is 0 Å². The van der Waals surface area contributed by atoms with E-state index in [1.54, 1.807) is 17.5 Å². The van der Waals surface area contributed by atoms with Crippen LogP contribution in [0.4, 0.5) is 5.82 Å². The molecule has 2 heterocycles. The molecule has 0 bridgehead atoms. The predicted octanol–water partition coefficient (Wildman–Crippen LogP) is 2.40. The first-order valence-electron chi connectivity index (χ1n) is 6.11. The van der Waals surface area contributed by atoms with Gasteiger partial charge in [0.05, 0.1) is 5.51 Å². The highest BCUT2D eigenvalue weighted by Crippen LogP contribution is 2.22. The summed E-state index contributed by atoms with van der Waals surface area (Å²) in [4.78, 5) is 9.43. The molecular weight excluding hydrogens is 244 g/mol. The summed E-state index contributed by atoms with van der Waals surface area (Å²) >= 11 is 1.68. The molecule has 0 amide bonds. The number of nitrogen functional groups attached to an aromatic ring is 1. The number of nitrogens with two attached hydrogens (primary N) is 1. The molecule has 0 radical (unpaired) electrons. The van der Waals surface area contributed by atoms with E-state index in [1.807, 2.05) is 23.8 Å². The lowest BCUT2D eigenvalue weighted by Gasteiger charge is -2.16. The second-order valence-corrected chi connectivity index (χ2v) is 5.12. The van der Waals surface area contributed by atoms with Gasteiger partial charge in [-0.15, -0.1) is 11.3 Å². The fourth-order valence-electron chi connectivity index (χ4n) is 1.85. The average Bonchev–Trinajstić information content (AvgIpc) is 2.88. The molecule has 1 atom stereocenters. The van der Waals surface area contributed by atoms with Gasteiger partial charge in [-0.05, 0) is 37.1 Å². The maximum atomic E-state index is 5.71. The highest BCUT2D eigenvalue weighted by atomic mass is 32.1. The van der Waals surface area contributed by atoms with Crippen molar-refractivity contribution in [1.82, 2.24) is 15.3 Å². The number of anilines is 1. The Morgan fingerprint density at radius 1 is 1.50 bits per heavy atom. The fourth-order valence-corrected chi connectivity index (χ4v) is 2.54. The molecule has 1 unspecified atom stereocenters. The molecule has 0 saturated carbocycles. The molecule has 2 rings (SSSR count). The van der Waals surface area contributed by atoms with Gasteiger partial charge < -0.3 is 11.1 Å². The van der Waals surface area contributed by atoms with Gasteiger partial charge >= 0.3 is 0 Å². The largest absolute Gasteiger partial charge is 0.384 e. The third kappa shape index (κ3) is 3.51. The van der Waals surface area contributed by atoms with E-state index in [2.05, 4.69) is 22.2 Å². The van der Waals surface area contributed by atoms with Gasteiger partial charge in [0.15, 0.2) is 0 Å². The second-order valence-electron chi connectivity index (χ2n) is 4.20. The second kappa shape index (κ2) is 6.47. The zero-order valence-corrected chi connectivity index (χ0v) is 11.3. The third-order valence-electron chi connectivity index (χ3n) is 2.72. The molecule has 4 nitrogen and oxygen atoms in total. The van der Waals surface area contributed by atoms with Crippen LogP contribution in [0, 0.1) is 0 Å². The Bertz CT molecular complexity index is 470. The number of nitrogens with one attached hydrogen (secondary N) is 1. The number of nitrogens with zero attached hydrogens (tertiary/aromatic N) is 2. The van der Waals surface area contributed by atoms with Crippen molar-refractivity contribution in [2.24, 2.45) is 0 Å². The van der Waals surface area contributed by atoms with Crippen molar-refractivity contribution in [3.63, 3.8) is 0 Å². The van der Waals surface area contributed by atoms with Crippen molar-refractivity contribution in [2.75, 3.05) is 12.3 Å². The summed E-state index contributed by atoms with van der Waals surface area (Å²) in [6.07, 6.45) is 5.72. The van der Waals surface area contributed by atoms with Gasteiger partial charge in [0.25, 0.3) is 0 Å². The summed E-state index contributed by atoms with van der Waals surface area (Å²) in [6.45, 7) is 3.17. The molecule has 18 heavy (non-hydrogen) atoms. The van der Waals surface area contributed by atoms with Crippen LogP contribution in [-0.4, -0.2) is 16.5 Å². The fraction of sp³-hybridized carbons (Fsp3) is 0.385. The SMILES string of the molecule is CCCNC(Cc1ccnc(N)c1)c1cncs1. The summed E-state index contributed by atoms with van der Waals surface area (Å²) in [5, 5.41) is 3.55. The topological polar surface area (TPSA) is 63.8 Å². The molecule has 0 aliphatic rings. The van der Waals surface area contributed by atoms with E-state index in [-0.39, 0.29) is 0 Å². The normalized spacial score (nSPS) is 12.5. The Hall–Kier alpha value is -1.46. The van der Waals surface area contributed by atoms with Gasteiger partial charge in [-0.1, -0.05) is 6.92 Å². The van der Waals surface area contributed by atoms with Crippen LogP contribution in [0.25, 0.3) is 0 Å². The first-order valence-corrected chi connectivity index (χ1v) is 6.99. The van der Waals surface area contributed by atoms with E-state index in [9.17, 15) is 0 Å². The van der Waals surface area contributed by atoms with Crippen molar-refractivity contribution in [3.8, 4) is 0 Å². The summed E-state index contributed by atoms with van der Waals surface area (Å²) in [5.41, 5.74) is 8.78. The lowest BCUT2D eigenvalue weighted by molar-refractivity contribution is 0.536. The van der Waals surface area contributed by atoms with Crippen molar-refractivity contribution >= 4 is 17.2 Å². The summed E-state index contributed by atoms with van der Waals surface area (Å²) < 4.78 is 0. The van der Waals surface area contributed by atoms with Crippen LogP contribution in [0.5, 0.6) is 0 Å². The molecule has 0 spiro atoms. The zero-order valence-electron chi connectivity index (χ0n) is 10.5. The van der Waals surface area contributed by atoms with Crippen molar-refractivity contribution in [2.45, 2.75) is 25.8 Å². The monoisotopic (exact) mass is 262 g/mol. The van der Waals surface area contributed by atoms with E-state index in [1.165, 1.54) is 10.4 Å². The summed E-state index contributed by atoms with van der Waals surface area (Å²) in [6, 6.07) is 4.25. The number of rotatable bonds is 6. The Morgan fingerprint density at radius 3 is 3.06 bits per heavy atom. The van der Waals surface area contributed by atoms with Crippen LogP contribution < -0.4 is 11.1 Å². The first-order chi connectivity index (χ1) is 8.79. The van der Waals surface area contributed by atoms with Gasteiger partial charge in [-0.3, -0.25) is 4.98 Å². The molecule has 0 saturated heterocycles. The van der Waals surface area contributed by atoms with Gasteiger partial charge in [0.1, 0.15) is 5.82 Å². The average molecular weight is 262 g/mol. The molecular formula is C13H18N4S. The maximum Gasteiger partial charge on any atom is 0.123 e. The van der Waals surface area contributed by atoms with E-state index < -0.39 is 0 Å². The Labute approximate surface area is 111 Å². The van der Waals surface area contributed by atoms with E-state index in [0.29, 0.717) is 11.9 Å². The zero-order chi connectivity index (χ0) is 12.8. The highest BCUT2D eigenvalue weighted by molar-refractivity contribution is 7.09. The van der Waals surface area contributed by atoms with Crippen LogP contribution in [0.3, 0.4) is 0 Å². The number of hydrogen-bond donors (Lipinski definition) is 2. The maximum absolute atomic E-state index is 5.71. The van der Waals surface area contributed by atoms with Crippen molar-refractivity contribution < 1.29 is 0 Å². The van der Waals surface area contributed by atoms with E-state index in [0.717, 1.165) is 19.4 Å². The minimum absolute atomic E-state index is 0.305. The molecule has 0 aliphatic carbocycles. The van der Waals surface area contributed by atoms with Gasteiger partial charge in [0.2, 0.25) is 0 Å². The van der Waals surface area contributed by atoms with Gasteiger partial charge in [0, 0.05) is 23.3 Å². The summed E-state index contributed by atoms with van der Waals surface area (Å²) in [5.74, 6) is 0.575. The van der Waals surface area contributed by atoms with Crippen LogP contribution in [0.2, 0.25) is 0 Å². The van der Waals surface area contributed by atoms with E-state index >= 15 is 0 Å². The molecule has 5 heteroatoms. The molecule has 96 valence electrons. The molecule has 0 aromatic carbocycles. The van der Waals surface area contributed by atoms with Crippen LogP contribution in [-0.2, 0) is 6.42 Å². The quantitative estimate of drug-likeness (QED) is 0.839. The minimum atomic E-state index is 0.305. The molecule has 2 aromatic heterocycles. The standard InChI is InChI=1S/C13H18N4S/c1-2-4-16-11(12-8-15-9-18-12)6-10-3-5-17-13(14)7-10/h3,5,7-9,11,16H,2,4,6H2,1H3,(H2,14,17). The Balaban J connectivity index is 2.10. The number of pyridine rings is 1. The highest BCUT2D eigenvalue weighted by Gasteiger charge is 2.13. The predicted molar refractivity (Wildman–Crippen MR) is 75.5 cm³/mol. The Kier molecular flexibility index (Phi) is 4.66. The van der Waals surface area contributed by atoms with E-state index in [4.69, 9.17) is 5.73 Å². The number of aromatic nitrogens is 2. The Morgan fingerprint density at radius 2 is 2.39 bits per heavy atom. The summed E-state index contributed by atoms with van der Waals surface area (Å²) in [7, 11) is 0. The molecule has 2 aromatic rings. The first kappa shape index (κ1) is 13.0. The van der Waals surface area contributed by atoms with Crippen LogP contribution >= 0.6 is 11.3 Å². The minimum Gasteiger partial charge on any atom is -0.384 e. The lowest BCUT2D eigenvalue weighted by atomic mass is 10.1. The van der Waals surface area contributed by atoms with Gasteiger partial charge in [-0.25, -0.2) is 4.98 Å². The lowest BCUT2D eigenvalue weighted by Crippen LogP contribution is -2.23. The van der Waals surface area contributed by atoms with Crippen molar-refractivity contribution in [3.05, 3.63) is 40.5 Å². The molecule has 0 aliphatic heterocycles. The molecule has 0 fully saturated rings. The van der Waals surface area contributed by atoms with Crippen LogP contribution in [0.1, 0.15) is 29.8 Å². The number of hydrogen-bond acceptors (Lipinski definition) is 5.